The van der Waals surface area contributed by atoms with Crippen molar-refractivity contribution in [2.45, 2.75) is 33.7 Å². The smallest absolute Gasteiger partial charge is 0.217 e. The molecule has 0 fully saturated rings. The molecule has 0 radical (unpaired) electrons. The molecular formula is C15H25BrN2O2. The molecular weight excluding hydrogens is 320 g/mol. The average molecular weight is 345 g/mol. The molecule has 0 saturated carbocycles. The minimum absolute atomic E-state index is 0.534. The summed E-state index contributed by atoms with van der Waals surface area (Å²) < 4.78 is 12.1. The van der Waals surface area contributed by atoms with Gasteiger partial charge in [-0.15, -0.1) is 0 Å². The number of rotatable bonds is 10. The van der Waals surface area contributed by atoms with Crippen LogP contribution in [0.5, 0.6) is 5.88 Å². The van der Waals surface area contributed by atoms with E-state index in [1.165, 1.54) is 0 Å². The first kappa shape index (κ1) is 17.4. The van der Waals surface area contributed by atoms with Gasteiger partial charge in [-0.3, -0.25) is 0 Å². The van der Waals surface area contributed by atoms with E-state index in [0.29, 0.717) is 25.0 Å². The summed E-state index contributed by atoms with van der Waals surface area (Å²) in [4.78, 5) is 4.33. The van der Waals surface area contributed by atoms with Crippen LogP contribution in [0.2, 0.25) is 0 Å². The van der Waals surface area contributed by atoms with E-state index in [0.717, 1.165) is 36.2 Å². The molecule has 1 N–H and O–H groups in total. The zero-order valence-corrected chi connectivity index (χ0v) is 14.2. The van der Waals surface area contributed by atoms with Gasteiger partial charge in [-0.25, -0.2) is 4.98 Å². The molecule has 0 unspecified atom stereocenters. The molecule has 0 aromatic carbocycles. The van der Waals surface area contributed by atoms with E-state index in [1.54, 1.807) is 6.20 Å². The van der Waals surface area contributed by atoms with Crippen molar-refractivity contribution in [2.75, 3.05) is 26.4 Å². The summed E-state index contributed by atoms with van der Waals surface area (Å²) in [7, 11) is 0. The Morgan fingerprint density at radius 3 is 2.80 bits per heavy atom. The third-order valence-electron chi connectivity index (χ3n) is 2.57. The van der Waals surface area contributed by atoms with Gasteiger partial charge < -0.3 is 14.8 Å². The van der Waals surface area contributed by atoms with Crippen LogP contribution in [0.1, 0.15) is 32.8 Å². The molecule has 20 heavy (non-hydrogen) atoms. The maximum atomic E-state index is 5.70. The second kappa shape index (κ2) is 10.1. The number of hydrogen-bond donors (Lipinski definition) is 1. The maximum absolute atomic E-state index is 5.70. The van der Waals surface area contributed by atoms with Crippen molar-refractivity contribution in [3.8, 4) is 5.88 Å². The van der Waals surface area contributed by atoms with Gasteiger partial charge in [0.15, 0.2) is 0 Å². The van der Waals surface area contributed by atoms with Gasteiger partial charge in [-0.05, 0) is 40.9 Å². The Bertz CT molecular complexity index is 386. The number of ether oxygens (including phenoxy) is 2. The van der Waals surface area contributed by atoms with Crippen LogP contribution in [0.15, 0.2) is 16.7 Å². The summed E-state index contributed by atoms with van der Waals surface area (Å²) in [6.07, 6.45) is 2.79. The number of pyridine rings is 1. The first-order valence-electron chi connectivity index (χ1n) is 7.19. The van der Waals surface area contributed by atoms with Gasteiger partial charge >= 0.3 is 0 Å². The van der Waals surface area contributed by atoms with Crippen LogP contribution < -0.4 is 10.1 Å². The fourth-order valence-electron chi connectivity index (χ4n) is 1.66. The molecule has 0 atom stereocenters. The fourth-order valence-corrected chi connectivity index (χ4v) is 2.04. The molecule has 0 aliphatic carbocycles. The van der Waals surface area contributed by atoms with E-state index in [2.05, 4.69) is 47.0 Å². The molecule has 114 valence electrons. The molecule has 0 spiro atoms. The summed E-state index contributed by atoms with van der Waals surface area (Å²) in [6.45, 7) is 10.1. The van der Waals surface area contributed by atoms with Gasteiger partial charge in [0.25, 0.3) is 0 Å². The van der Waals surface area contributed by atoms with Crippen molar-refractivity contribution in [3.05, 3.63) is 22.3 Å². The van der Waals surface area contributed by atoms with E-state index in [9.17, 15) is 0 Å². The molecule has 0 aliphatic heterocycles. The zero-order valence-electron chi connectivity index (χ0n) is 12.6. The quantitative estimate of drug-likeness (QED) is 0.660. The van der Waals surface area contributed by atoms with Gasteiger partial charge in [-0.1, -0.05) is 20.8 Å². The fraction of sp³-hybridized carbons (Fsp3) is 0.667. The van der Waals surface area contributed by atoms with Gasteiger partial charge in [0, 0.05) is 29.4 Å². The van der Waals surface area contributed by atoms with E-state index in [-0.39, 0.29) is 0 Å². The Hall–Kier alpha value is -0.650. The second-order valence-electron chi connectivity index (χ2n) is 5.10. The summed E-state index contributed by atoms with van der Waals surface area (Å²) in [5.41, 5.74) is 1.07. The Balaban J connectivity index is 2.47. The van der Waals surface area contributed by atoms with Crippen LogP contribution in [0, 0.1) is 5.92 Å². The molecule has 0 aliphatic rings. The highest BCUT2D eigenvalue weighted by atomic mass is 79.9. The third kappa shape index (κ3) is 7.22. The van der Waals surface area contributed by atoms with Gasteiger partial charge in [-0.2, -0.15) is 0 Å². The lowest BCUT2D eigenvalue weighted by Gasteiger charge is -2.12. The number of halogens is 1. The second-order valence-corrected chi connectivity index (χ2v) is 6.02. The highest BCUT2D eigenvalue weighted by molar-refractivity contribution is 9.10. The molecule has 0 bridgehead atoms. The van der Waals surface area contributed by atoms with Gasteiger partial charge in [0.2, 0.25) is 5.88 Å². The van der Waals surface area contributed by atoms with E-state index < -0.39 is 0 Å². The molecule has 5 heteroatoms. The van der Waals surface area contributed by atoms with Crippen LogP contribution in [0.3, 0.4) is 0 Å². The number of hydrogen-bond acceptors (Lipinski definition) is 4. The number of aromatic nitrogens is 1. The highest BCUT2D eigenvalue weighted by Gasteiger charge is 2.07. The summed E-state index contributed by atoms with van der Waals surface area (Å²) in [5, 5.41) is 3.41. The SMILES string of the molecule is CCCOCCOc1ncc(Br)cc1CNCC(C)C. The molecule has 1 rings (SSSR count). The molecule has 1 aromatic rings. The van der Waals surface area contributed by atoms with Crippen molar-refractivity contribution in [1.82, 2.24) is 10.3 Å². The molecule has 4 nitrogen and oxygen atoms in total. The van der Waals surface area contributed by atoms with Crippen molar-refractivity contribution in [3.63, 3.8) is 0 Å². The predicted octanol–water partition coefficient (Wildman–Crippen LogP) is 3.40. The lowest BCUT2D eigenvalue weighted by molar-refractivity contribution is 0.0986. The van der Waals surface area contributed by atoms with Crippen molar-refractivity contribution in [1.29, 1.82) is 0 Å². The number of nitrogens with one attached hydrogen (secondary N) is 1. The van der Waals surface area contributed by atoms with Crippen molar-refractivity contribution >= 4 is 15.9 Å². The van der Waals surface area contributed by atoms with E-state index >= 15 is 0 Å². The van der Waals surface area contributed by atoms with E-state index in [1.807, 2.05) is 6.07 Å². The minimum Gasteiger partial charge on any atom is -0.475 e. The lowest BCUT2D eigenvalue weighted by Crippen LogP contribution is -2.20. The Morgan fingerprint density at radius 1 is 1.30 bits per heavy atom. The standard InChI is InChI=1S/C15H25BrN2O2/c1-4-5-19-6-7-20-15-13(8-14(16)11-18-15)10-17-9-12(2)3/h8,11-12,17H,4-7,9-10H2,1-3H3. The molecule has 1 aromatic heterocycles. The van der Waals surface area contributed by atoms with Crippen LogP contribution in [-0.4, -0.2) is 31.3 Å². The zero-order chi connectivity index (χ0) is 14.8. The monoisotopic (exact) mass is 344 g/mol. The van der Waals surface area contributed by atoms with Crippen LogP contribution in [-0.2, 0) is 11.3 Å². The topological polar surface area (TPSA) is 43.4 Å². The highest BCUT2D eigenvalue weighted by Crippen LogP contribution is 2.20. The largest absolute Gasteiger partial charge is 0.475 e. The maximum Gasteiger partial charge on any atom is 0.217 e. The lowest BCUT2D eigenvalue weighted by atomic mass is 10.2. The Kier molecular flexibility index (Phi) is 8.82. The summed E-state index contributed by atoms with van der Waals surface area (Å²) >= 11 is 3.45. The Morgan fingerprint density at radius 2 is 2.10 bits per heavy atom. The predicted molar refractivity (Wildman–Crippen MR) is 85.1 cm³/mol. The van der Waals surface area contributed by atoms with E-state index in [4.69, 9.17) is 9.47 Å². The van der Waals surface area contributed by atoms with Crippen LogP contribution in [0.25, 0.3) is 0 Å². The summed E-state index contributed by atoms with van der Waals surface area (Å²) in [6, 6.07) is 2.04. The first-order valence-corrected chi connectivity index (χ1v) is 7.98. The van der Waals surface area contributed by atoms with Crippen LogP contribution in [0.4, 0.5) is 0 Å². The molecule has 1 heterocycles. The molecule has 0 saturated heterocycles. The average Bonchev–Trinajstić information content (AvgIpc) is 2.40. The minimum atomic E-state index is 0.534. The Labute approximate surface area is 130 Å². The number of nitrogens with zero attached hydrogens (tertiary/aromatic N) is 1. The van der Waals surface area contributed by atoms with Crippen molar-refractivity contribution < 1.29 is 9.47 Å². The van der Waals surface area contributed by atoms with Crippen LogP contribution >= 0.6 is 15.9 Å². The van der Waals surface area contributed by atoms with Crippen molar-refractivity contribution in [2.24, 2.45) is 5.92 Å². The normalized spacial score (nSPS) is 11.1. The van der Waals surface area contributed by atoms with Gasteiger partial charge in [0.05, 0.1) is 6.61 Å². The molecule has 0 amide bonds. The van der Waals surface area contributed by atoms with Gasteiger partial charge in [0.1, 0.15) is 6.61 Å². The first-order chi connectivity index (χ1) is 9.63. The third-order valence-corrected chi connectivity index (χ3v) is 3.01. The summed E-state index contributed by atoms with van der Waals surface area (Å²) in [5.74, 6) is 1.31.